The molecule has 5 nitrogen and oxygen atoms in total. The maximum atomic E-state index is 10.9. The Labute approximate surface area is 97.9 Å². The highest BCUT2D eigenvalue weighted by Gasteiger charge is 2.36. The number of anilines is 1. The van der Waals surface area contributed by atoms with Crippen molar-refractivity contribution >= 4 is 22.4 Å². The van der Waals surface area contributed by atoms with E-state index in [9.17, 15) is 4.79 Å². The molecule has 2 N–H and O–H groups in total. The Hall–Kier alpha value is -1.17. The maximum absolute atomic E-state index is 10.9. The molecule has 0 spiro atoms. The summed E-state index contributed by atoms with van der Waals surface area (Å²) in [4.78, 5) is 10.9. The second-order valence-electron chi connectivity index (χ2n) is 4.31. The van der Waals surface area contributed by atoms with E-state index < -0.39 is 5.97 Å². The van der Waals surface area contributed by atoms with E-state index in [-0.39, 0.29) is 12.0 Å². The number of aromatic nitrogens is 2. The average Bonchev–Trinajstić information content (AvgIpc) is 2.76. The van der Waals surface area contributed by atoms with Crippen molar-refractivity contribution in [2.75, 3.05) is 5.32 Å². The summed E-state index contributed by atoms with van der Waals surface area (Å²) < 4.78 is 0. The van der Waals surface area contributed by atoms with Gasteiger partial charge in [0.05, 0.1) is 12.0 Å². The molecule has 1 heterocycles. The first-order valence-corrected chi connectivity index (χ1v) is 6.21. The molecule has 0 unspecified atom stereocenters. The molecule has 0 amide bonds. The van der Waals surface area contributed by atoms with Crippen molar-refractivity contribution in [2.24, 2.45) is 0 Å². The first-order chi connectivity index (χ1) is 7.60. The number of hydrogen-bond acceptors (Lipinski definition) is 5. The minimum Gasteiger partial charge on any atom is -0.481 e. The van der Waals surface area contributed by atoms with E-state index in [0.29, 0.717) is 0 Å². The Morgan fingerprint density at radius 2 is 2.19 bits per heavy atom. The van der Waals surface area contributed by atoms with Gasteiger partial charge in [0.1, 0.15) is 5.01 Å². The van der Waals surface area contributed by atoms with Crippen LogP contribution >= 0.6 is 11.3 Å². The van der Waals surface area contributed by atoms with Gasteiger partial charge < -0.3 is 10.4 Å². The van der Waals surface area contributed by atoms with Gasteiger partial charge >= 0.3 is 5.97 Å². The minimum absolute atomic E-state index is 0.158. The molecular formula is C10H15N3O2S. The van der Waals surface area contributed by atoms with Gasteiger partial charge in [-0.1, -0.05) is 24.2 Å². The van der Waals surface area contributed by atoms with E-state index in [1.807, 2.05) is 6.92 Å². The molecule has 0 bridgehead atoms. The molecule has 1 saturated carbocycles. The Kier molecular flexibility index (Phi) is 3.09. The number of carboxylic acids is 1. The smallest absolute Gasteiger partial charge is 0.305 e. The van der Waals surface area contributed by atoms with Crippen LogP contribution in [0.5, 0.6) is 0 Å². The monoisotopic (exact) mass is 241 g/mol. The predicted octanol–water partition coefficient (Wildman–Crippen LogP) is 2.05. The summed E-state index contributed by atoms with van der Waals surface area (Å²) in [6.45, 7) is 1.89. The van der Waals surface area contributed by atoms with Crippen molar-refractivity contribution in [2.45, 2.75) is 44.6 Å². The molecule has 1 aliphatic carbocycles. The summed E-state index contributed by atoms with van der Waals surface area (Å²) in [5.74, 6) is -0.754. The average molecular weight is 241 g/mol. The molecule has 88 valence electrons. The fraction of sp³-hybridized carbons (Fsp3) is 0.700. The number of carboxylic acid groups (broad SMARTS) is 1. The van der Waals surface area contributed by atoms with Gasteiger partial charge in [-0.25, -0.2) is 0 Å². The largest absolute Gasteiger partial charge is 0.481 e. The van der Waals surface area contributed by atoms with E-state index in [0.717, 1.165) is 35.8 Å². The highest BCUT2D eigenvalue weighted by atomic mass is 32.1. The van der Waals surface area contributed by atoms with E-state index in [1.54, 1.807) is 0 Å². The second kappa shape index (κ2) is 4.37. The van der Waals surface area contributed by atoms with Crippen LogP contribution in [0.3, 0.4) is 0 Å². The van der Waals surface area contributed by atoms with Gasteiger partial charge in [0.25, 0.3) is 0 Å². The summed E-state index contributed by atoms with van der Waals surface area (Å²) in [7, 11) is 0. The van der Waals surface area contributed by atoms with Crippen LogP contribution in [0, 0.1) is 6.92 Å². The standard InChI is InChI=1S/C10H15N3O2S/c1-7-12-13-9(16-7)11-10(6-8(14)15)4-2-3-5-10/h2-6H2,1H3,(H,11,13)(H,14,15). The van der Waals surface area contributed by atoms with Gasteiger partial charge in [0.15, 0.2) is 0 Å². The van der Waals surface area contributed by atoms with Crippen molar-refractivity contribution in [1.82, 2.24) is 10.2 Å². The number of rotatable bonds is 4. The third kappa shape index (κ3) is 2.49. The number of hydrogen-bond donors (Lipinski definition) is 2. The van der Waals surface area contributed by atoms with E-state index in [4.69, 9.17) is 5.11 Å². The van der Waals surface area contributed by atoms with Gasteiger partial charge in [-0.05, 0) is 19.8 Å². The van der Waals surface area contributed by atoms with E-state index >= 15 is 0 Å². The van der Waals surface area contributed by atoms with Gasteiger partial charge in [0.2, 0.25) is 5.13 Å². The first kappa shape index (κ1) is 11.3. The Bertz CT molecular complexity index is 385. The predicted molar refractivity (Wildman–Crippen MR) is 61.7 cm³/mol. The van der Waals surface area contributed by atoms with Gasteiger partial charge in [-0.3, -0.25) is 4.79 Å². The molecule has 0 radical (unpaired) electrons. The molecule has 1 aromatic rings. The number of aliphatic carboxylic acids is 1. The van der Waals surface area contributed by atoms with Crippen molar-refractivity contribution in [3.05, 3.63) is 5.01 Å². The zero-order valence-electron chi connectivity index (χ0n) is 9.19. The van der Waals surface area contributed by atoms with Gasteiger partial charge in [-0.2, -0.15) is 0 Å². The molecule has 2 rings (SSSR count). The molecular weight excluding hydrogens is 226 g/mol. The van der Waals surface area contributed by atoms with Crippen LogP contribution in [0.4, 0.5) is 5.13 Å². The van der Waals surface area contributed by atoms with E-state index in [2.05, 4.69) is 15.5 Å². The van der Waals surface area contributed by atoms with Crippen LogP contribution in [0.15, 0.2) is 0 Å². The minimum atomic E-state index is -0.754. The molecule has 0 saturated heterocycles. The highest BCUT2D eigenvalue weighted by Crippen LogP contribution is 2.36. The Morgan fingerprint density at radius 1 is 1.50 bits per heavy atom. The number of aryl methyl sites for hydroxylation is 1. The number of nitrogens with zero attached hydrogens (tertiary/aromatic N) is 2. The lowest BCUT2D eigenvalue weighted by Crippen LogP contribution is -2.37. The molecule has 0 aliphatic heterocycles. The summed E-state index contributed by atoms with van der Waals surface area (Å²) in [5.41, 5.74) is -0.308. The topological polar surface area (TPSA) is 75.1 Å². The van der Waals surface area contributed by atoms with Gasteiger partial charge in [-0.15, -0.1) is 10.2 Å². The van der Waals surface area contributed by atoms with Crippen molar-refractivity contribution < 1.29 is 9.90 Å². The quantitative estimate of drug-likeness (QED) is 0.843. The van der Waals surface area contributed by atoms with Crippen molar-refractivity contribution in [1.29, 1.82) is 0 Å². The highest BCUT2D eigenvalue weighted by molar-refractivity contribution is 7.15. The lowest BCUT2D eigenvalue weighted by atomic mass is 9.94. The fourth-order valence-corrected chi connectivity index (χ4v) is 2.97. The summed E-state index contributed by atoms with van der Waals surface area (Å²) in [6.07, 6.45) is 4.12. The fourth-order valence-electron chi connectivity index (χ4n) is 2.26. The molecule has 6 heteroatoms. The summed E-state index contributed by atoms with van der Waals surface area (Å²) >= 11 is 1.47. The first-order valence-electron chi connectivity index (χ1n) is 5.40. The lowest BCUT2D eigenvalue weighted by molar-refractivity contribution is -0.138. The van der Waals surface area contributed by atoms with Crippen LogP contribution < -0.4 is 5.32 Å². The lowest BCUT2D eigenvalue weighted by Gasteiger charge is -2.27. The van der Waals surface area contributed by atoms with E-state index in [1.165, 1.54) is 11.3 Å². The van der Waals surface area contributed by atoms with Crippen LogP contribution in [-0.4, -0.2) is 26.8 Å². The van der Waals surface area contributed by atoms with Crippen LogP contribution in [-0.2, 0) is 4.79 Å². The zero-order valence-corrected chi connectivity index (χ0v) is 10.0. The molecule has 1 aliphatic rings. The molecule has 16 heavy (non-hydrogen) atoms. The van der Waals surface area contributed by atoms with Crippen LogP contribution in [0.1, 0.15) is 37.1 Å². The third-order valence-electron chi connectivity index (χ3n) is 2.95. The second-order valence-corrected chi connectivity index (χ2v) is 5.49. The van der Waals surface area contributed by atoms with Crippen molar-refractivity contribution in [3.63, 3.8) is 0 Å². The maximum Gasteiger partial charge on any atom is 0.305 e. The Balaban J connectivity index is 2.10. The number of carbonyl (C=O) groups is 1. The summed E-state index contributed by atoms with van der Waals surface area (Å²) in [5, 5.41) is 21.8. The van der Waals surface area contributed by atoms with Crippen molar-refractivity contribution in [3.8, 4) is 0 Å². The Morgan fingerprint density at radius 3 is 2.69 bits per heavy atom. The molecule has 0 atom stereocenters. The summed E-state index contributed by atoms with van der Waals surface area (Å²) in [6, 6.07) is 0. The zero-order chi connectivity index (χ0) is 11.6. The third-order valence-corrected chi connectivity index (χ3v) is 3.70. The van der Waals surface area contributed by atoms with Crippen LogP contribution in [0.2, 0.25) is 0 Å². The van der Waals surface area contributed by atoms with Crippen LogP contribution in [0.25, 0.3) is 0 Å². The number of nitrogens with one attached hydrogen (secondary N) is 1. The van der Waals surface area contributed by atoms with Gasteiger partial charge in [0, 0.05) is 0 Å². The molecule has 1 fully saturated rings. The SMILES string of the molecule is Cc1nnc(NC2(CC(=O)O)CCCC2)s1. The molecule has 0 aromatic carbocycles. The normalized spacial score (nSPS) is 18.6. The molecule has 1 aromatic heterocycles.